The Hall–Kier alpha value is -2.28. The average molecular weight is 377 g/mol. The molecular weight excluding hydrogens is 348 g/mol. The van der Waals surface area contributed by atoms with Gasteiger partial charge >= 0.3 is 0 Å². The number of rotatable bonds is 8. The van der Waals surface area contributed by atoms with Crippen molar-refractivity contribution < 1.29 is 9.47 Å². The summed E-state index contributed by atoms with van der Waals surface area (Å²) in [5, 5.41) is 7.74. The quantitative estimate of drug-likeness (QED) is 0.546. The van der Waals surface area contributed by atoms with Crippen LogP contribution in [0.2, 0.25) is 0 Å². The maximum Gasteiger partial charge on any atom is 0.191 e. The fourth-order valence-electron chi connectivity index (χ4n) is 2.50. The molecule has 0 unspecified atom stereocenters. The highest BCUT2D eigenvalue weighted by Gasteiger charge is 2.07. The summed E-state index contributed by atoms with van der Waals surface area (Å²) in [6, 6.07) is 5.91. The third kappa shape index (κ3) is 5.62. The number of aryl methyl sites for hydroxylation is 2. The Morgan fingerprint density at radius 1 is 1.19 bits per heavy atom. The van der Waals surface area contributed by atoms with Crippen LogP contribution >= 0.6 is 11.3 Å². The zero-order valence-electron chi connectivity index (χ0n) is 16.2. The van der Waals surface area contributed by atoms with Crippen LogP contribution in [-0.4, -0.2) is 31.2 Å². The van der Waals surface area contributed by atoms with Crippen molar-refractivity contribution in [2.45, 2.75) is 40.8 Å². The third-order valence-corrected chi connectivity index (χ3v) is 4.78. The van der Waals surface area contributed by atoms with E-state index < -0.39 is 0 Å². The monoisotopic (exact) mass is 376 g/mol. The molecule has 26 heavy (non-hydrogen) atoms. The largest absolute Gasteiger partial charge is 0.493 e. The summed E-state index contributed by atoms with van der Waals surface area (Å²) in [6.07, 6.45) is 0. The maximum absolute atomic E-state index is 5.56. The van der Waals surface area contributed by atoms with Gasteiger partial charge in [0, 0.05) is 11.4 Å². The second kappa shape index (κ2) is 10.0. The topological polar surface area (TPSA) is 67.8 Å². The van der Waals surface area contributed by atoms with Crippen LogP contribution in [-0.2, 0) is 13.1 Å². The van der Waals surface area contributed by atoms with Gasteiger partial charge in [0.25, 0.3) is 0 Å². The minimum atomic E-state index is 0.554. The van der Waals surface area contributed by atoms with Crippen molar-refractivity contribution in [1.82, 2.24) is 15.6 Å². The summed E-state index contributed by atoms with van der Waals surface area (Å²) in [6.45, 7) is 10.8. The summed E-state index contributed by atoms with van der Waals surface area (Å²) in [5.41, 5.74) is 2.14. The zero-order chi connectivity index (χ0) is 18.9. The number of hydrogen-bond donors (Lipinski definition) is 2. The molecule has 142 valence electrons. The number of thiazole rings is 1. The summed E-state index contributed by atoms with van der Waals surface area (Å²) in [4.78, 5) is 10.4. The molecule has 0 fully saturated rings. The number of ether oxygens (including phenoxy) is 2. The Kier molecular flexibility index (Phi) is 7.72. The molecule has 0 spiro atoms. The molecule has 2 N–H and O–H groups in total. The molecule has 0 amide bonds. The molecule has 0 radical (unpaired) electrons. The Morgan fingerprint density at radius 3 is 2.62 bits per heavy atom. The summed E-state index contributed by atoms with van der Waals surface area (Å²) in [7, 11) is 1.65. The minimum Gasteiger partial charge on any atom is -0.493 e. The number of benzene rings is 1. The first kappa shape index (κ1) is 20.0. The van der Waals surface area contributed by atoms with Crippen molar-refractivity contribution in [2.75, 3.05) is 20.3 Å². The van der Waals surface area contributed by atoms with Gasteiger partial charge in [0.1, 0.15) is 0 Å². The standard InChI is InChI=1S/C19H28N4O2S/c1-6-20-19(22-12-18-13(3)23-14(4)26-18)21-11-15-8-9-16(25-7-2)17(10-15)24-5/h8-10H,6-7,11-12H2,1-5H3,(H2,20,21,22). The van der Waals surface area contributed by atoms with Gasteiger partial charge in [0.05, 0.1) is 37.5 Å². The van der Waals surface area contributed by atoms with Gasteiger partial charge in [-0.25, -0.2) is 9.98 Å². The molecule has 2 aromatic rings. The molecule has 0 bridgehead atoms. The number of hydrogen-bond acceptors (Lipinski definition) is 5. The van der Waals surface area contributed by atoms with Gasteiger partial charge in [-0.3, -0.25) is 0 Å². The minimum absolute atomic E-state index is 0.554. The summed E-state index contributed by atoms with van der Waals surface area (Å²) in [5.74, 6) is 2.27. The summed E-state index contributed by atoms with van der Waals surface area (Å²) < 4.78 is 11.0. The van der Waals surface area contributed by atoms with E-state index in [4.69, 9.17) is 9.47 Å². The van der Waals surface area contributed by atoms with Crippen molar-refractivity contribution in [2.24, 2.45) is 4.99 Å². The average Bonchev–Trinajstić information content (AvgIpc) is 2.95. The number of aliphatic imine (C=N–C) groups is 1. The molecule has 1 heterocycles. The maximum atomic E-state index is 5.56. The van der Waals surface area contributed by atoms with E-state index in [2.05, 4.69) is 27.5 Å². The SMILES string of the molecule is CCNC(=NCc1ccc(OCC)c(OC)c1)NCc1sc(C)nc1C. The predicted octanol–water partition coefficient (Wildman–Crippen LogP) is 3.42. The number of guanidine groups is 1. The van der Waals surface area contributed by atoms with Crippen LogP contribution < -0.4 is 20.1 Å². The van der Waals surface area contributed by atoms with Crippen molar-refractivity contribution >= 4 is 17.3 Å². The van der Waals surface area contributed by atoms with Crippen LogP contribution in [0.5, 0.6) is 11.5 Å². The van der Waals surface area contributed by atoms with Crippen LogP contribution in [0.3, 0.4) is 0 Å². The molecule has 0 saturated carbocycles. The van der Waals surface area contributed by atoms with E-state index in [0.29, 0.717) is 13.2 Å². The molecule has 6 nitrogen and oxygen atoms in total. The second-order valence-electron chi connectivity index (χ2n) is 5.71. The highest BCUT2D eigenvalue weighted by Crippen LogP contribution is 2.28. The van der Waals surface area contributed by atoms with Gasteiger partial charge in [-0.15, -0.1) is 11.3 Å². The van der Waals surface area contributed by atoms with Gasteiger partial charge < -0.3 is 20.1 Å². The molecular formula is C19H28N4O2S. The Balaban J connectivity index is 2.05. The predicted molar refractivity (Wildman–Crippen MR) is 107 cm³/mol. The van der Waals surface area contributed by atoms with E-state index in [1.807, 2.05) is 39.0 Å². The third-order valence-electron chi connectivity index (χ3n) is 3.71. The first-order valence-corrected chi connectivity index (χ1v) is 9.63. The van der Waals surface area contributed by atoms with E-state index in [0.717, 1.165) is 46.8 Å². The van der Waals surface area contributed by atoms with Crippen molar-refractivity contribution in [1.29, 1.82) is 0 Å². The molecule has 0 aliphatic rings. The number of nitrogens with one attached hydrogen (secondary N) is 2. The van der Waals surface area contributed by atoms with Crippen molar-refractivity contribution in [3.63, 3.8) is 0 Å². The van der Waals surface area contributed by atoms with E-state index in [1.165, 1.54) is 4.88 Å². The van der Waals surface area contributed by atoms with E-state index in [-0.39, 0.29) is 0 Å². The van der Waals surface area contributed by atoms with Crippen LogP contribution in [0.15, 0.2) is 23.2 Å². The Labute approximate surface area is 159 Å². The van der Waals surface area contributed by atoms with Crippen LogP contribution in [0.1, 0.15) is 35.0 Å². The lowest BCUT2D eigenvalue weighted by atomic mass is 10.2. The second-order valence-corrected chi connectivity index (χ2v) is 7.00. The fraction of sp³-hybridized carbons (Fsp3) is 0.474. The van der Waals surface area contributed by atoms with E-state index >= 15 is 0 Å². The first-order chi connectivity index (χ1) is 12.6. The Bertz CT molecular complexity index is 743. The van der Waals surface area contributed by atoms with Gasteiger partial charge in [0.15, 0.2) is 17.5 Å². The smallest absolute Gasteiger partial charge is 0.191 e. The molecule has 7 heteroatoms. The lowest BCUT2D eigenvalue weighted by molar-refractivity contribution is 0.310. The molecule has 0 atom stereocenters. The van der Waals surface area contributed by atoms with E-state index in [9.17, 15) is 0 Å². The molecule has 0 aliphatic carbocycles. The van der Waals surface area contributed by atoms with Crippen LogP contribution in [0.4, 0.5) is 0 Å². The van der Waals surface area contributed by atoms with E-state index in [1.54, 1.807) is 18.4 Å². The molecule has 0 aliphatic heterocycles. The van der Waals surface area contributed by atoms with Gasteiger partial charge in [-0.1, -0.05) is 6.07 Å². The van der Waals surface area contributed by atoms with Gasteiger partial charge in [-0.05, 0) is 45.4 Å². The highest BCUT2D eigenvalue weighted by atomic mass is 32.1. The first-order valence-electron chi connectivity index (χ1n) is 8.82. The lowest BCUT2D eigenvalue weighted by Gasteiger charge is -2.12. The highest BCUT2D eigenvalue weighted by molar-refractivity contribution is 7.11. The number of methoxy groups -OCH3 is 1. The molecule has 1 aromatic carbocycles. The zero-order valence-corrected chi connectivity index (χ0v) is 17.0. The molecule has 2 rings (SSSR count). The van der Waals surface area contributed by atoms with Crippen molar-refractivity contribution in [3.8, 4) is 11.5 Å². The van der Waals surface area contributed by atoms with Gasteiger partial charge in [0.2, 0.25) is 0 Å². The fourth-order valence-corrected chi connectivity index (χ4v) is 3.38. The lowest BCUT2D eigenvalue weighted by Crippen LogP contribution is -2.36. The normalized spacial score (nSPS) is 11.3. The Morgan fingerprint density at radius 2 is 2.00 bits per heavy atom. The van der Waals surface area contributed by atoms with Crippen LogP contribution in [0, 0.1) is 13.8 Å². The van der Waals surface area contributed by atoms with Gasteiger partial charge in [-0.2, -0.15) is 0 Å². The molecule has 1 aromatic heterocycles. The molecule has 0 saturated heterocycles. The number of aromatic nitrogens is 1. The number of nitrogens with zero attached hydrogens (tertiary/aromatic N) is 2. The summed E-state index contributed by atoms with van der Waals surface area (Å²) >= 11 is 1.71. The van der Waals surface area contributed by atoms with Crippen LogP contribution in [0.25, 0.3) is 0 Å². The van der Waals surface area contributed by atoms with Crippen molar-refractivity contribution in [3.05, 3.63) is 39.3 Å².